The van der Waals surface area contributed by atoms with Gasteiger partial charge in [-0.3, -0.25) is 4.79 Å². The zero-order chi connectivity index (χ0) is 13.0. The molecule has 0 aliphatic rings. The summed E-state index contributed by atoms with van der Waals surface area (Å²) in [6, 6.07) is 8.01. The molecule has 18 heavy (non-hydrogen) atoms. The maximum absolute atomic E-state index is 11.8. The molecule has 1 amide bonds. The number of aryl methyl sites for hydroxylation is 2. The van der Waals surface area contributed by atoms with E-state index in [0.29, 0.717) is 13.0 Å². The number of carbonyl (C=O) groups is 1. The van der Waals surface area contributed by atoms with Crippen molar-refractivity contribution in [2.24, 2.45) is 0 Å². The van der Waals surface area contributed by atoms with E-state index in [1.165, 1.54) is 5.56 Å². The van der Waals surface area contributed by atoms with Crippen LogP contribution >= 0.6 is 11.3 Å². The molecule has 0 aliphatic carbocycles. The van der Waals surface area contributed by atoms with Gasteiger partial charge in [-0.2, -0.15) is 0 Å². The van der Waals surface area contributed by atoms with E-state index in [9.17, 15) is 4.79 Å². The van der Waals surface area contributed by atoms with Gasteiger partial charge in [0.2, 0.25) is 5.91 Å². The Morgan fingerprint density at radius 1 is 1.39 bits per heavy atom. The summed E-state index contributed by atoms with van der Waals surface area (Å²) in [6.07, 6.45) is 0.423. The second kappa shape index (κ2) is 5.78. The molecule has 0 fully saturated rings. The van der Waals surface area contributed by atoms with Crippen LogP contribution in [0.5, 0.6) is 0 Å². The second-order valence-electron chi connectivity index (χ2n) is 4.33. The van der Waals surface area contributed by atoms with Gasteiger partial charge in [0.15, 0.2) is 0 Å². The van der Waals surface area contributed by atoms with Gasteiger partial charge in [-0.05, 0) is 19.4 Å². The summed E-state index contributed by atoms with van der Waals surface area (Å²) in [5.74, 6) is 0.0356. The van der Waals surface area contributed by atoms with Crippen LogP contribution < -0.4 is 5.32 Å². The van der Waals surface area contributed by atoms with Crippen LogP contribution in [0.25, 0.3) is 0 Å². The molecule has 1 aromatic heterocycles. The summed E-state index contributed by atoms with van der Waals surface area (Å²) in [5, 5.41) is 5.83. The molecule has 0 bridgehead atoms. The van der Waals surface area contributed by atoms with Crippen molar-refractivity contribution in [1.29, 1.82) is 0 Å². The Labute approximate surface area is 111 Å². The smallest absolute Gasteiger partial charge is 0.224 e. The molecule has 3 nitrogen and oxygen atoms in total. The average molecular weight is 260 g/mol. The molecule has 2 rings (SSSR count). The van der Waals surface area contributed by atoms with Gasteiger partial charge in [0.25, 0.3) is 0 Å². The van der Waals surface area contributed by atoms with Crippen LogP contribution in [-0.2, 0) is 17.8 Å². The molecule has 0 atom stereocenters. The highest BCUT2D eigenvalue weighted by Gasteiger charge is 2.05. The molecule has 0 saturated heterocycles. The first-order chi connectivity index (χ1) is 8.63. The number of nitrogens with one attached hydrogen (secondary N) is 1. The van der Waals surface area contributed by atoms with Gasteiger partial charge in [0.1, 0.15) is 5.01 Å². The lowest BCUT2D eigenvalue weighted by Crippen LogP contribution is -2.24. The molecule has 0 aliphatic heterocycles. The van der Waals surface area contributed by atoms with E-state index in [-0.39, 0.29) is 5.91 Å². The fraction of sp³-hybridized carbons (Fsp3) is 0.286. The lowest BCUT2D eigenvalue weighted by atomic mass is 10.1. The topological polar surface area (TPSA) is 42.0 Å². The number of hydrogen-bond acceptors (Lipinski definition) is 3. The van der Waals surface area contributed by atoms with Crippen LogP contribution in [-0.4, -0.2) is 10.9 Å². The predicted octanol–water partition coefficient (Wildman–Crippen LogP) is 2.62. The molecule has 2 aromatic rings. The van der Waals surface area contributed by atoms with E-state index < -0.39 is 0 Å². The number of benzene rings is 1. The molecule has 0 unspecified atom stereocenters. The first-order valence-corrected chi connectivity index (χ1v) is 6.75. The van der Waals surface area contributed by atoms with Gasteiger partial charge >= 0.3 is 0 Å². The van der Waals surface area contributed by atoms with Crippen LogP contribution in [0.15, 0.2) is 29.6 Å². The summed E-state index contributed by atoms with van der Waals surface area (Å²) < 4.78 is 0. The monoisotopic (exact) mass is 260 g/mol. The minimum absolute atomic E-state index is 0.0356. The largest absolute Gasteiger partial charge is 0.349 e. The van der Waals surface area contributed by atoms with Crippen LogP contribution in [0, 0.1) is 13.8 Å². The van der Waals surface area contributed by atoms with Crippen molar-refractivity contribution in [3.8, 4) is 0 Å². The number of rotatable bonds is 4. The SMILES string of the molecule is Cc1cccc(CC(=O)NCc2nc(C)cs2)c1. The third-order valence-corrected chi connectivity index (χ3v) is 3.52. The van der Waals surface area contributed by atoms with Crippen LogP contribution in [0.3, 0.4) is 0 Å². The Bertz CT molecular complexity index is 548. The molecule has 1 heterocycles. The second-order valence-corrected chi connectivity index (χ2v) is 5.27. The van der Waals surface area contributed by atoms with E-state index in [0.717, 1.165) is 16.3 Å². The Kier molecular flexibility index (Phi) is 4.10. The van der Waals surface area contributed by atoms with Crippen molar-refractivity contribution < 1.29 is 4.79 Å². The molecule has 1 N–H and O–H groups in total. The molecule has 1 aromatic carbocycles. The zero-order valence-corrected chi connectivity index (χ0v) is 11.4. The number of amides is 1. The quantitative estimate of drug-likeness (QED) is 0.918. The molecule has 0 spiro atoms. The summed E-state index contributed by atoms with van der Waals surface area (Å²) in [7, 11) is 0. The molecular weight excluding hydrogens is 244 g/mol. The Hall–Kier alpha value is -1.68. The van der Waals surface area contributed by atoms with Crippen LogP contribution in [0.2, 0.25) is 0 Å². The predicted molar refractivity (Wildman–Crippen MR) is 73.6 cm³/mol. The third kappa shape index (κ3) is 3.67. The highest BCUT2D eigenvalue weighted by molar-refractivity contribution is 7.09. The number of carbonyl (C=O) groups excluding carboxylic acids is 1. The summed E-state index contributed by atoms with van der Waals surface area (Å²) in [4.78, 5) is 16.1. The maximum Gasteiger partial charge on any atom is 0.224 e. The lowest BCUT2D eigenvalue weighted by Gasteiger charge is -2.04. The normalized spacial score (nSPS) is 10.3. The van der Waals surface area contributed by atoms with Gasteiger partial charge < -0.3 is 5.32 Å². The van der Waals surface area contributed by atoms with Crippen LogP contribution in [0.4, 0.5) is 0 Å². The Morgan fingerprint density at radius 3 is 2.89 bits per heavy atom. The van der Waals surface area contributed by atoms with Crippen molar-refractivity contribution in [1.82, 2.24) is 10.3 Å². The van der Waals surface area contributed by atoms with Crippen molar-refractivity contribution in [3.63, 3.8) is 0 Å². The van der Waals surface area contributed by atoms with Gasteiger partial charge in [0.05, 0.1) is 13.0 Å². The first kappa shape index (κ1) is 12.8. The molecular formula is C14H16N2OS. The average Bonchev–Trinajstić information content (AvgIpc) is 2.73. The lowest BCUT2D eigenvalue weighted by molar-refractivity contribution is -0.120. The highest BCUT2D eigenvalue weighted by atomic mass is 32.1. The third-order valence-electron chi connectivity index (χ3n) is 2.55. The van der Waals surface area contributed by atoms with Gasteiger partial charge in [0, 0.05) is 11.1 Å². The van der Waals surface area contributed by atoms with Crippen molar-refractivity contribution in [3.05, 3.63) is 51.5 Å². The molecule has 0 radical (unpaired) electrons. The minimum atomic E-state index is 0.0356. The highest BCUT2D eigenvalue weighted by Crippen LogP contribution is 2.08. The summed E-state index contributed by atoms with van der Waals surface area (Å²) in [6.45, 7) is 4.50. The fourth-order valence-corrected chi connectivity index (χ4v) is 2.44. The fourth-order valence-electron chi connectivity index (χ4n) is 1.73. The van der Waals surface area contributed by atoms with E-state index in [1.54, 1.807) is 11.3 Å². The van der Waals surface area contributed by atoms with E-state index in [1.807, 2.05) is 43.5 Å². The van der Waals surface area contributed by atoms with E-state index in [4.69, 9.17) is 0 Å². The molecule has 94 valence electrons. The number of aromatic nitrogens is 1. The van der Waals surface area contributed by atoms with Crippen LogP contribution in [0.1, 0.15) is 21.8 Å². The van der Waals surface area contributed by atoms with E-state index >= 15 is 0 Å². The number of thiazole rings is 1. The molecule has 4 heteroatoms. The van der Waals surface area contributed by atoms with Gasteiger partial charge in [-0.1, -0.05) is 29.8 Å². The molecule has 0 saturated carbocycles. The Morgan fingerprint density at radius 2 is 2.22 bits per heavy atom. The van der Waals surface area contributed by atoms with E-state index in [2.05, 4.69) is 10.3 Å². The number of hydrogen-bond donors (Lipinski definition) is 1. The van der Waals surface area contributed by atoms with Crippen molar-refractivity contribution >= 4 is 17.2 Å². The zero-order valence-electron chi connectivity index (χ0n) is 10.6. The first-order valence-electron chi connectivity index (χ1n) is 5.87. The van der Waals surface area contributed by atoms with Crippen molar-refractivity contribution in [2.45, 2.75) is 26.8 Å². The summed E-state index contributed by atoms with van der Waals surface area (Å²) in [5.41, 5.74) is 3.22. The van der Waals surface area contributed by atoms with Crippen molar-refractivity contribution in [2.75, 3.05) is 0 Å². The standard InChI is InChI=1S/C14H16N2OS/c1-10-4-3-5-12(6-10)7-13(17)15-8-14-16-11(2)9-18-14/h3-6,9H,7-8H2,1-2H3,(H,15,17). The Balaban J connectivity index is 1.85. The number of nitrogens with zero attached hydrogens (tertiary/aromatic N) is 1. The maximum atomic E-state index is 11.8. The minimum Gasteiger partial charge on any atom is -0.349 e. The summed E-state index contributed by atoms with van der Waals surface area (Å²) >= 11 is 1.57. The van der Waals surface area contributed by atoms with Gasteiger partial charge in [-0.25, -0.2) is 4.98 Å². The van der Waals surface area contributed by atoms with Gasteiger partial charge in [-0.15, -0.1) is 11.3 Å².